The van der Waals surface area contributed by atoms with E-state index in [0.717, 1.165) is 5.56 Å². The molecule has 2 N–H and O–H groups in total. The lowest BCUT2D eigenvalue weighted by molar-refractivity contribution is -0.116. The van der Waals surface area contributed by atoms with Crippen LogP contribution in [0, 0.1) is 0 Å². The summed E-state index contributed by atoms with van der Waals surface area (Å²) < 4.78 is 10.5. The third-order valence-electron chi connectivity index (χ3n) is 2.72. The highest BCUT2D eigenvalue weighted by Gasteiger charge is 2.04. The maximum Gasteiger partial charge on any atom is 0.244 e. The zero-order valence-electron chi connectivity index (χ0n) is 11.5. The van der Waals surface area contributed by atoms with E-state index in [9.17, 15) is 4.79 Å². The highest BCUT2D eigenvalue weighted by molar-refractivity contribution is 5.91. The van der Waals surface area contributed by atoms with Gasteiger partial charge < -0.3 is 19.6 Å². The summed E-state index contributed by atoms with van der Waals surface area (Å²) in [6.07, 6.45) is 4.56. The summed E-state index contributed by atoms with van der Waals surface area (Å²) >= 11 is 0. The van der Waals surface area contributed by atoms with Crippen LogP contribution in [0.1, 0.15) is 11.3 Å². The topological polar surface area (TPSA) is 71.7 Å². The second-order valence-electron chi connectivity index (χ2n) is 4.25. The van der Waals surface area contributed by atoms with Crippen molar-refractivity contribution < 1.29 is 19.1 Å². The predicted molar refractivity (Wildman–Crippen MR) is 78.6 cm³/mol. The molecule has 2 rings (SSSR count). The highest BCUT2D eigenvalue weighted by Crippen LogP contribution is 2.17. The SMILES string of the molecule is O=C(/C=C/c1ccco1)NCc1ccccc1OCCO. The van der Waals surface area contributed by atoms with E-state index in [4.69, 9.17) is 14.3 Å². The van der Waals surface area contributed by atoms with Crippen LogP contribution in [-0.2, 0) is 11.3 Å². The van der Waals surface area contributed by atoms with Gasteiger partial charge in [0.1, 0.15) is 18.1 Å². The van der Waals surface area contributed by atoms with Gasteiger partial charge in [-0.15, -0.1) is 0 Å². The van der Waals surface area contributed by atoms with Crippen molar-refractivity contribution >= 4 is 12.0 Å². The number of hydrogen-bond donors (Lipinski definition) is 2. The molecule has 2 aromatic rings. The first kappa shape index (κ1) is 14.9. The van der Waals surface area contributed by atoms with Crippen molar-refractivity contribution in [2.45, 2.75) is 6.54 Å². The minimum atomic E-state index is -0.219. The molecule has 1 aromatic heterocycles. The number of benzene rings is 1. The molecule has 0 fully saturated rings. The molecule has 0 saturated heterocycles. The summed E-state index contributed by atoms with van der Waals surface area (Å²) in [5, 5.41) is 11.6. The first-order valence-corrected chi connectivity index (χ1v) is 6.60. The van der Waals surface area contributed by atoms with Crippen molar-refractivity contribution in [3.8, 4) is 5.75 Å². The maximum absolute atomic E-state index is 11.7. The van der Waals surface area contributed by atoms with Crippen LogP contribution in [-0.4, -0.2) is 24.2 Å². The van der Waals surface area contributed by atoms with E-state index in [1.807, 2.05) is 18.2 Å². The molecule has 5 heteroatoms. The van der Waals surface area contributed by atoms with Gasteiger partial charge in [0.25, 0.3) is 0 Å². The van der Waals surface area contributed by atoms with Crippen molar-refractivity contribution in [1.29, 1.82) is 0 Å². The molecular formula is C16H17NO4. The Kier molecular flexibility index (Phi) is 5.60. The van der Waals surface area contributed by atoms with Gasteiger partial charge in [-0.25, -0.2) is 0 Å². The number of furan rings is 1. The third kappa shape index (κ3) is 4.81. The van der Waals surface area contributed by atoms with E-state index in [0.29, 0.717) is 18.1 Å². The van der Waals surface area contributed by atoms with Crippen molar-refractivity contribution in [1.82, 2.24) is 5.32 Å². The Balaban J connectivity index is 1.89. The number of hydrogen-bond acceptors (Lipinski definition) is 4. The fourth-order valence-corrected chi connectivity index (χ4v) is 1.73. The van der Waals surface area contributed by atoms with Gasteiger partial charge in [0.05, 0.1) is 12.9 Å². The van der Waals surface area contributed by atoms with Gasteiger partial charge in [-0.05, 0) is 24.3 Å². The van der Waals surface area contributed by atoms with E-state index in [1.54, 1.807) is 30.5 Å². The van der Waals surface area contributed by atoms with Crippen LogP contribution in [0.3, 0.4) is 0 Å². The summed E-state index contributed by atoms with van der Waals surface area (Å²) in [5.74, 6) is 1.06. The Morgan fingerprint density at radius 2 is 2.14 bits per heavy atom. The monoisotopic (exact) mass is 287 g/mol. The number of rotatable bonds is 7. The standard InChI is InChI=1S/C16H17NO4/c18-9-11-21-15-6-2-1-4-13(15)12-17-16(19)8-7-14-5-3-10-20-14/h1-8,10,18H,9,11-12H2,(H,17,19)/b8-7+. The first-order valence-electron chi connectivity index (χ1n) is 6.60. The summed E-state index contributed by atoms with van der Waals surface area (Å²) in [7, 11) is 0. The molecule has 1 aromatic carbocycles. The summed E-state index contributed by atoms with van der Waals surface area (Å²) in [5.41, 5.74) is 0.852. The van der Waals surface area contributed by atoms with Crippen molar-refractivity contribution in [2.24, 2.45) is 0 Å². The summed E-state index contributed by atoms with van der Waals surface area (Å²) in [6, 6.07) is 10.9. The van der Waals surface area contributed by atoms with E-state index in [-0.39, 0.29) is 19.1 Å². The molecule has 21 heavy (non-hydrogen) atoms. The lowest BCUT2D eigenvalue weighted by atomic mass is 10.2. The molecular weight excluding hydrogens is 270 g/mol. The average molecular weight is 287 g/mol. The molecule has 0 bridgehead atoms. The number of amides is 1. The van der Waals surface area contributed by atoms with Crippen LogP contribution in [0.25, 0.3) is 6.08 Å². The Labute approximate surface area is 122 Å². The largest absolute Gasteiger partial charge is 0.491 e. The molecule has 0 aliphatic rings. The van der Waals surface area contributed by atoms with Gasteiger partial charge in [-0.2, -0.15) is 0 Å². The number of aliphatic hydroxyl groups excluding tert-OH is 1. The number of para-hydroxylation sites is 1. The number of ether oxygens (including phenoxy) is 1. The second kappa shape index (κ2) is 7.91. The number of nitrogens with one attached hydrogen (secondary N) is 1. The minimum absolute atomic E-state index is 0.0490. The van der Waals surface area contributed by atoms with Gasteiger partial charge in [0.2, 0.25) is 5.91 Å². The first-order chi connectivity index (χ1) is 10.3. The van der Waals surface area contributed by atoms with Crippen LogP contribution < -0.4 is 10.1 Å². The molecule has 0 spiro atoms. The molecule has 0 unspecified atom stereocenters. The van der Waals surface area contributed by atoms with Crippen LogP contribution in [0.2, 0.25) is 0 Å². The third-order valence-corrected chi connectivity index (χ3v) is 2.72. The average Bonchev–Trinajstić information content (AvgIpc) is 3.03. The predicted octanol–water partition coefficient (Wildman–Crippen LogP) is 1.98. The Hall–Kier alpha value is -2.53. The van der Waals surface area contributed by atoms with E-state index in [1.165, 1.54) is 6.08 Å². The molecule has 0 saturated carbocycles. The Morgan fingerprint density at radius 1 is 1.29 bits per heavy atom. The molecule has 0 aliphatic heterocycles. The lowest BCUT2D eigenvalue weighted by Crippen LogP contribution is -2.20. The van der Waals surface area contributed by atoms with Crippen molar-refractivity contribution in [3.05, 3.63) is 60.1 Å². The smallest absolute Gasteiger partial charge is 0.244 e. The zero-order chi connectivity index (χ0) is 14.9. The minimum Gasteiger partial charge on any atom is -0.491 e. The quantitative estimate of drug-likeness (QED) is 0.764. The fraction of sp³-hybridized carbons (Fsp3) is 0.188. The number of carbonyl (C=O) groups excluding carboxylic acids is 1. The van der Waals surface area contributed by atoms with Gasteiger partial charge in [0, 0.05) is 18.2 Å². The van der Waals surface area contributed by atoms with E-state index < -0.39 is 0 Å². The number of aliphatic hydroxyl groups is 1. The number of carbonyl (C=O) groups is 1. The molecule has 110 valence electrons. The van der Waals surface area contributed by atoms with Crippen LogP contribution in [0.4, 0.5) is 0 Å². The fourth-order valence-electron chi connectivity index (χ4n) is 1.73. The molecule has 1 heterocycles. The summed E-state index contributed by atoms with van der Waals surface area (Å²) in [4.78, 5) is 11.7. The van der Waals surface area contributed by atoms with Gasteiger partial charge >= 0.3 is 0 Å². The van der Waals surface area contributed by atoms with Crippen molar-refractivity contribution in [2.75, 3.05) is 13.2 Å². The van der Waals surface area contributed by atoms with E-state index in [2.05, 4.69) is 5.32 Å². The zero-order valence-corrected chi connectivity index (χ0v) is 11.5. The Bertz CT molecular complexity index is 590. The van der Waals surface area contributed by atoms with Crippen LogP contribution in [0.5, 0.6) is 5.75 Å². The normalized spacial score (nSPS) is 10.7. The molecule has 0 radical (unpaired) electrons. The van der Waals surface area contributed by atoms with E-state index >= 15 is 0 Å². The summed E-state index contributed by atoms with van der Waals surface area (Å²) in [6.45, 7) is 0.527. The molecule has 5 nitrogen and oxygen atoms in total. The second-order valence-corrected chi connectivity index (χ2v) is 4.25. The maximum atomic E-state index is 11.7. The Morgan fingerprint density at radius 3 is 2.90 bits per heavy atom. The van der Waals surface area contributed by atoms with Gasteiger partial charge in [0.15, 0.2) is 0 Å². The molecule has 1 amide bonds. The molecule has 0 atom stereocenters. The van der Waals surface area contributed by atoms with Crippen molar-refractivity contribution in [3.63, 3.8) is 0 Å². The van der Waals surface area contributed by atoms with Crippen LogP contribution in [0.15, 0.2) is 53.2 Å². The lowest BCUT2D eigenvalue weighted by Gasteiger charge is -2.10. The highest BCUT2D eigenvalue weighted by atomic mass is 16.5. The van der Waals surface area contributed by atoms with Crippen LogP contribution >= 0.6 is 0 Å². The molecule has 0 aliphatic carbocycles. The van der Waals surface area contributed by atoms with Gasteiger partial charge in [-0.1, -0.05) is 18.2 Å². The van der Waals surface area contributed by atoms with Gasteiger partial charge in [-0.3, -0.25) is 4.79 Å².